The molecular formula is C20H22ClNO3. The smallest absolute Gasteiger partial charge is 0.253 e. The van der Waals surface area contributed by atoms with Crippen LogP contribution in [0.15, 0.2) is 42.5 Å². The maximum absolute atomic E-state index is 12.2. The Bertz CT molecular complexity index is 748. The summed E-state index contributed by atoms with van der Waals surface area (Å²) < 4.78 is 5.45. The van der Waals surface area contributed by atoms with Crippen LogP contribution in [-0.2, 0) is 17.6 Å². The van der Waals surface area contributed by atoms with Gasteiger partial charge < -0.3 is 15.2 Å². The van der Waals surface area contributed by atoms with E-state index in [1.165, 1.54) is 11.1 Å². The van der Waals surface area contributed by atoms with Crippen molar-refractivity contribution in [2.45, 2.75) is 25.4 Å². The molecule has 0 fully saturated rings. The van der Waals surface area contributed by atoms with Crippen molar-refractivity contribution >= 4 is 17.5 Å². The van der Waals surface area contributed by atoms with Gasteiger partial charge in [0.25, 0.3) is 5.91 Å². The number of amides is 1. The summed E-state index contributed by atoms with van der Waals surface area (Å²) in [6.07, 6.45) is 1.65. The maximum atomic E-state index is 12.2. The number of hydrogen-bond acceptors (Lipinski definition) is 3. The van der Waals surface area contributed by atoms with Crippen LogP contribution in [0.3, 0.4) is 0 Å². The number of fused-ring (bicyclic) bond motifs is 1. The third-order valence-corrected chi connectivity index (χ3v) is 4.98. The molecular weight excluding hydrogens is 338 g/mol. The highest BCUT2D eigenvalue weighted by molar-refractivity contribution is 6.30. The van der Waals surface area contributed by atoms with Gasteiger partial charge in [-0.1, -0.05) is 35.9 Å². The summed E-state index contributed by atoms with van der Waals surface area (Å²) in [6.45, 7) is 0.536. The predicted molar refractivity (Wildman–Crippen MR) is 97.9 cm³/mol. The topological polar surface area (TPSA) is 58.6 Å². The second-order valence-electron chi connectivity index (χ2n) is 6.41. The molecule has 0 saturated carbocycles. The van der Waals surface area contributed by atoms with Gasteiger partial charge in [-0.2, -0.15) is 0 Å². The van der Waals surface area contributed by atoms with Crippen molar-refractivity contribution in [3.8, 4) is 5.75 Å². The lowest BCUT2D eigenvalue weighted by Gasteiger charge is -2.26. The van der Waals surface area contributed by atoms with E-state index in [-0.39, 0.29) is 0 Å². The van der Waals surface area contributed by atoms with Gasteiger partial charge in [-0.3, -0.25) is 4.79 Å². The fourth-order valence-corrected chi connectivity index (χ4v) is 3.56. The first kappa shape index (κ1) is 17.8. The summed E-state index contributed by atoms with van der Waals surface area (Å²) in [4.78, 5) is 12.2. The van der Waals surface area contributed by atoms with Crippen LogP contribution in [0.25, 0.3) is 0 Å². The van der Waals surface area contributed by atoms with Gasteiger partial charge in [0, 0.05) is 11.6 Å². The zero-order valence-corrected chi connectivity index (χ0v) is 14.9. The molecule has 0 spiro atoms. The lowest BCUT2D eigenvalue weighted by Crippen LogP contribution is -2.35. The average molecular weight is 360 g/mol. The highest BCUT2D eigenvalue weighted by atomic mass is 35.5. The summed E-state index contributed by atoms with van der Waals surface area (Å²) >= 11 is 5.91. The number of aliphatic hydroxyl groups is 1. The molecule has 2 aromatic carbocycles. The van der Waals surface area contributed by atoms with E-state index in [1.54, 1.807) is 31.4 Å². The van der Waals surface area contributed by atoms with E-state index in [2.05, 4.69) is 11.4 Å². The average Bonchev–Trinajstić information content (AvgIpc) is 2.64. The van der Waals surface area contributed by atoms with Gasteiger partial charge in [0.05, 0.1) is 7.11 Å². The van der Waals surface area contributed by atoms with Crippen molar-refractivity contribution in [1.82, 2.24) is 5.32 Å². The van der Waals surface area contributed by atoms with E-state index < -0.39 is 12.0 Å². The third-order valence-electron chi connectivity index (χ3n) is 4.74. The minimum Gasteiger partial charge on any atom is -0.496 e. The monoisotopic (exact) mass is 359 g/mol. The van der Waals surface area contributed by atoms with Gasteiger partial charge in [0.2, 0.25) is 0 Å². The van der Waals surface area contributed by atoms with Gasteiger partial charge in [0.15, 0.2) is 6.10 Å². The SMILES string of the molecule is COc1cccc2c1CC(CNC(=O)C(O)c1cccc(Cl)c1)CC2. The van der Waals surface area contributed by atoms with Crippen LogP contribution >= 0.6 is 11.6 Å². The third kappa shape index (κ3) is 4.14. The highest BCUT2D eigenvalue weighted by Crippen LogP contribution is 2.32. The summed E-state index contributed by atoms with van der Waals surface area (Å²) in [7, 11) is 1.68. The summed E-state index contributed by atoms with van der Waals surface area (Å²) in [5.74, 6) is 0.847. The maximum Gasteiger partial charge on any atom is 0.253 e. The molecule has 1 aliphatic carbocycles. The molecule has 2 unspecified atom stereocenters. The first-order valence-corrected chi connectivity index (χ1v) is 8.82. The van der Waals surface area contributed by atoms with Crippen molar-refractivity contribution in [3.05, 3.63) is 64.2 Å². The molecule has 0 radical (unpaired) electrons. The van der Waals surface area contributed by atoms with Crippen molar-refractivity contribution in [2.75, 3.05) is 13.7 Å². The lowest BCUT2D eigenvalue weighted by molar-refractivity contribution is -0.129. The van der Waals surface area contributed by atoms with E-state index in [9.17, 15) is 9.90 Å². The number of hydrogen-bond donors (Lipinski definition) is 2. The van der Waals surface area contributed by atoms with Crippen molar-refractivity contribution in [1.29, 1.82) is 0 Å². The number of aliphatic hydroxyl groups excluding tert-OH is 1. The molecule has 132 valence electrons. The molecule has 0 heterocycles. The van der Waals surface area contributed by atoms with Crippen LogP contribution in [0.1, 0.15) is 29.2 Å². The van der Waals surface area contributed by atoms with Crippen molar-refractivity contribution in [3.63, 3.8) is 0 Å². The van der Waals surface area contributed by atoms with Crippen LogP contribution in [0, 0.1) is 5.92 Å². The Morgan fingerprint density at radius 2 is 2.16 bits per heavy atom. The molecule has 0 saturated heterocycles. The van der Waals surface area contributed by atoms with Gasteiger partial charge >= 0.3 is 0 Å². The molecule has 1 aliphatic rings. The molecule has 2 aromatic rings. The molecule has 3 rings (SSSR count). The largest absolute Gasteiger partial charge is 0.496 e. The van der Waals surface area contributed by atoms with E-state index in [0.717, 1.165) is 25.0 Å². The highest BCUT2D eigenvalue weighted by Gasteiger charge is 2.23. The summed E-state index contributed by atoms with van der Waals surface area (Å²) in [5, 5.41) is 13.6. The Labute approximate surface area is 152 Å². The number of halogens is 1. The number of methoxy groups -OCH3 is 1. The molecule has 25 heavy (non-hydrogen) atoms. The number of nitrogens with one attached hydrogen (secondary N) is 1. The number of ether oxygens (including phenoxy) is 1. The second-order valence-corrected chi connectivity index (χ2v) is 6.85. The minimum atomic E-state index is -1.20. The Hall–Kier alpha value is -2.04. The van der Waals surface area contributed by atoms with Crippen molar-refractivity contribution < 1.29 is 14.6 Å². The normalized spacial score (nSPS) is 17.5. The van der Waals surface area contributed by atoms with Crippen molar-refractivity contribution in [2.24, 2.45) is 5.92 Å². The number of carbonyl (C=O) groups excluding carboxylic acids is 1. The number of rotatable bonds is 5. The molecule has 4 nitrogen and oxygen atoms in total. The predicted octanol–water partition coefficient (Wildman–Crippen LogP) is 3.30. The molecule has 0 aliphatic heterocycles. The standard InChI is InChI=1S/C20H22ClNO3/c1-25-18-7-3-4-14-9-8-13(10-17(14)18)12-22-20(24)19(23)15-5-2-6-16(21)11-15/h2-7,11,13,19,23H,8-10,12H2,1H3,(H,22,24). The minimum absolute atomic E-state index is 0.333. The Morgan fingerprint density at radius 3 is 2.92 bits per heavy atom. The fourth-order valence-electron chi connectivity index (χ4n) is 3.36. The number of aryl methyl sites for hydroxylation is 1. The molecule has 0 bridgehead atoms. The molecule has 2 atom stereocenters. The molecule has 0 aromatic heterocycles. The summed E-state index contributed by atoms with van der Waals surface area (Å²) in [6, 6.07) is 12.9. The van der Waals surface area contributed by atoms with Gasteiger partial charge in [0.1, 0.15) is 5.75 Å². The fraction of sp³-hybridized carbons (Fsp3) is 0.350. The zero-order valence-electron chi connectivity index (χ0n) is 14.2. The number of carbonyl (C=O) groups is 1. The summed E-state index contributed by atoms with van der Waals surface area (Å²) in [5.41, 5.74) is 3.05. The number of benzene rings is 2. The van der Waals surface area contributed by atoms with Gasteiger partial charge in [-0.25, -0.2) is 0 Å². The van der Waals surface area contributed by atoms with Crippen LogP contribution < -0.4 is 10.1 Å². The van der Waals surface area contributed by atoms with Gasteiger partial charge in [-0.05, 0) is 60.1 Å². The van der Waals surface area contributed by atoms with E-state index in [0.29, 0.717) is 23.0 Å². The van der Waals surface area contributed by atoms with E-state index >= 15 is 0 Å². The Kier molecular flexibility index (Phi) is 5.61. The quantitative estimate of drug-likeness (QED) is 0.861. The zero-order chi connectivity index (χ0) is 17.8. The van der Waals surface area contributed by atoms with Crippen LogP contribution in [0.2, 0.25) is 5.02 Å². The second kappa shape index (κ2) is 7.89. The van der Waals surface area contributed by atoms with Crippen LogP contribution in [-0.4, -0.2) is 24.7 Å². The first-order valence-electron chi connectivity index (χ1n) is 8.44. The molecule has 5 heteroatoms. The molecule has 2 N–H and O–H groups in total. The Balaban J connectivity index is 1.59. The van der Waals surface area contributed by atoms with E-state index in [1.807, 2.05) is 12.1 Å². The van der Waals surface area contributed by atoms with E-state index in [4.69, 9.17) is 16.3 Å². The van der Waals surface area contributed by atoms with Crippen LogP contribution in [0.4, 0.5) is 0 Å². The van der Waals surface area contributed by atoms with Crippen LogP contribution in [0.5, 0.6) is 5.75 Å². The molecule has 1 amide bonds. The first-order chi connectivity index (χ1) is 12.1. The Morgan fingerprint density at radius 1 is 1.36 bits per heavy atom. The lowest BCUT2D eigenvalue weighted by atomic mass is 9.83. The van der Waals surface area contributed by atoms with Gasteiger partial charge in [-0.15, -0.1) is 0 Å².